The monoisotopic (exact) mass is 479 g/mol. The van der Waals surface area contributed by atoms with Crippen LogP contribution >= 0.6 is 0 Å². The Kier molecular flexibility index (Phi) is 7.89. The minimum Gasteiger partial charge on any atom is -0.303 e. The second-order valence-corrected chi connectivity index (χ2v) is 11.5. The Labute approximate surface area is 205 Å². The average molecular weight is 480 g/mol. The number of nitrogens with zero attached hydrogens (tertiary/aromatic N) is 2. The predicted octanol–water partition coefficient (Wildman–Crippen LogP) is 5.22. The topological polar surface area (TPSA) is 61.8 Å². The van der Waals surface area contributed by atoms with Gasteiger partial charge >= 0.3 is 0 Å². The minimum atomic E-state index is -3.57. The zero-order valence-electron chi connectivity index (χ0n) is 20.6. The van der Waals surface area contributed by atoms with E-state index in [1.165, 1.54) is 30.4 Å². The molecule has 2 aliphatic rings. The molecule has 2 aromatic rings. The van der Waals surface area contributed by atoms with Crippen LogP contribution in [0.3, 0.4) is 0 Å². The van der Waals surface area contributed by atoms with Gasteiger partial charge in [0.15, 0.2) is 0 Å². The standard InChI is InChI=1S/C28H37N3O2S/c1-21(2)25-10-12-26(13-11-25)27-22(3)28(30-34(27,32)33)29-16-7-17-31-18-14-24(15-19-31)20-23-8-5-4-6-9-23/h4-6,8-13,21,24H,7,14-20H2,1-3H3,(H,29,30). The van der Waals surface area contributed by atoms with Crippen molar-refractivity contribution in [2.24, 2.45) is 10.9 Å². The zero-order chi connectivity index (χ0) is 24.1. The van der Waals surface area contributed by atoms with Crippen molar-refractivity contribution in [2.75, 3.05) is 26.2 Å². The van der Waals surface area contributed by atoms with E-state index in [0.29, 0.717) is 28.8 Å². The summed E-state index contributed by atoms with van der Waals surface area (Å²) in [6, 6.07) is 18.6. The molecule has 0 spiro atoms. The van der Waals surface area contributed by atoms with Gasteiger partial charge in [-0.15, -0.1) is 0 Å². The van der Waals surface area contributed by atoms with E-state index in [2.05, 4.69) is 58.8 Å². The fourth-order valence-corrected chi connectivity index (χ4v) is 6.47. The molecular formula is C28H37N3O2S. The lowest BCUT2D eigenvalue weighted by atomic mass is 9.90. The summed E-state index contributed by atoms with van der Waals surface area (Å²) in [5, 5.41) is 0. The Morgan fingerprint density at radius 1 is 1.03 bits per heavy atom. The molecule has 0 aromatic heterocycles. The van der Waals surface area contributed by atoms with Gasteiger partial charge in [0.05, 0.1) is 0 Å². The van der Waals surface area contributed by atoms with Crippen LogP contribution in [0, 0.1) is 5.92 Å². The molecule has 1 saturated heterocycles. The first-order chi connectivity index (χ1) is 16.3. The molecule has 0 atom stereocenters. The number of amidine groups is 1. The Morgan fingerprint density at radius 3 is 2.35 bits per heavy atom. The van der Waals surface area contributed by atoms with Gasteiger partial charge in [-0.1, -0.05) is 68.4 Å². The van der Waals surface area contributed by atoms with Crippen LogP contribution in [0.25, 0.3) is 4.91 Å². The summed E-state index contributed by atoms with van der Waals surface area (Å²) >= 11 is 0. The highest BCUT2D eigenvalue weighted by atomic mass is 32.2. The number of sulfonamides is 1. The van der Waals surface area contributed by atoms with Crippen molar-refractivity contribution in [3.05, 3.63) is 76.9 Å². The first-order valence-electron chi connectivity index (χ1n) is 12.5. The number of benzene rings is 2. The van der Waals surface area contributed by atoms with Crippen LogP contribution in [-0.2, 0) is 16.4 Å². The number of aliphatic imine (C=N–C) groups is 1. The second-order valence-electron chi connectivity index (χ2n) is 9.89. The van der Waals surface area contributed by atoms with E-state index in [1.54, 1.807) is 0 Å². The summed E-state index contributed by atoms with van der Waals surface area (Å²) in [4.78, 5) is 7.49. The van der Waals surface area contributed by atoms with Crippen molar-refractivity contribution in [3.63, 3.8) is 0 Å². The summed E-state index contributed by atoms with van der Waals surface area (Å²) in [6.45, 7) is 10.0. The van der Waals surface area contributed by atoms with Crippen LogP contribution in [0.15, 0.2) is 65.2 Å². The van der Waals surface area contributed by atoms with Gasteiger partial charge in [0, 0.05) is 12.1 Å². The Bertz CT molecular complexity index is 1130. The predicted molar refractivity (Wildman–Crippen MR) is 141 cm³/mol. The normalized spacial score (nSPS) is 20.3. The number of rotatable bonds is 8. The van der Waals surface area contributed by atoms with Gasteiger partial charge in [0.25, 0.3) is 10.0 Å². The van der Waals surface area contributed by atoms with Crippen LogP contribution in [0.1, 0.15) is 62.6 Å². The smallest absolute Gasteiger partial charge is 0.264 e. The highest BCUT2D eigenvalue weighted by Gasteiger charge is 2.32. The molecule has 0 aliphatic carbocycles. The number of piperidine rings is 1. The molecular weight excluding hydrogens is 442 g/mol. The van der Waals surface area contributed by atoms with Crippen molar-refractivity contribution < 1.29 is 8.42 Å². The molecule has 0 amide bonds. The number of nitrogens with one attached hydrogen (secondary N) is 1. The summed E-state index contributed by atoms with van der Waals surface area (Å²) in [5.74, 6) is 1.67. The lowest BCUT2D eigenvalue weighted by Crippen LogP contribution is -2.35. The molecule has 1 fully saturated rings. The summed E-state index contributed by atoms with van der Waals surface area (Å²) in [6.07, 6.45) is 4.59. The van der Waals surface area contributed by atoms with Gasteiger partial charge in [-0.25, -0.2) is 8.42 Å². The highest BCUT2D eigenvalue weighted by molar-refractivity contribution is 8.00. The lowest BCUT2D eigenvalue weighted by Gasteiger charge is -2.31. The van der Waals surface area contributed by atoms with Gasteiger partial charge in [0.1, 0.15) is 10.7 Å². The lowest BCUT2D eigenvalue weighted by molar-refractivity contribution is 0.183. The van der Waals surface area contributed by atoms with Crippen molar-refractivity contribution in [1.82, 2.24) is 9.62 Å². The highest BCUT2D eigenvalue weighted by Crippen LogP contribution is 2.30. The summed E-state index contributed by atoms with van der Waals surface area (Å²) in [7, 11) is -3.57. The van der Waals surface area contributed by atoms with Crippen LogP contribution in [0.2, 0.25) is 0 Å². The maximum Gasteiger partial charge on any atom is 0.264 e. The molecule has 5 nitrogen and oxygen atoms in total. The van der Waals surface area contributed by atoms with E-state index in [-0.39, 0.29) is 0 Å². The fourth-order valence-electron chi connectivity index (χ4n) is 4.95. The first-order valence-corrected chi connectivity index (χ1v) is 14.0. The van der Waals surface area contributed by atoms with E-state index < -0.39 is 10.0 Å². The quantitative estimate of drug-likeness (QED) is 0.528. The molecule has 2 aliphatic heterocycles. The average Bonchev–Trinajstić information content (AvgIpc) is 3.06. The van der Waals surface area contributed by atoms with E-state index in [9.17, 15) is 8.42 Å². The third-order valence-corrected chi connectivity index (χ3v) is 8.55. The molecule has 1 N–H and O–H groups in total. The van der Waals surface area contributed by atoms with Gasteiger partial charge in [-0.2, -0.15) is 0 Å². The van der Waals surface area contributed by atoms with Crippen molar-refractivity contribution in [2.45, 2.75) is 52.4 Å². The molecule has 2 heterocycles. The molecule has 0 radical (unpaired) electrons. The molecule has 0 bridgehead atoms. The third-order valence-electron chi connectivity index (χ3n) is 7.01. The molecule has 0 saturated carbocycles. The van der Waals surface area contributed by atoms with Gasteiger partial charge < -0.3 is 4.90 Å². The number of hydrogen-bond donors (Lipinski definition) is 1. The first kappa shape index (κ1) is 24.7. The number of hydrogen-bond acceptors (Lipinski definition) is 4. The largest absolute Gasteiger partial charge is 0.303 e. The van der Waals surface area contributed by atoms with Crippen LogP contribution in [-0.4, -0.2) is 45.3 Å². The van der Waals surface area contributed by atoms with Crippen LogP contribution in [0.5, 0.6) is 0 Å². The minimum absolute atomic E-state index is 0.349. The molecule has 4 rings (SSSR count). The molecule has 0 unspecified atom stereocenters. The molecule has 6 heteroatoms. The van der Waals surface area contributed by atoms with Crippen LogP contribution in [0.4, 0.5) is 0 Å². The van der Waals surface area contributed by atoms with Crippen molar-refractivity contribution in [1.29, 1.82) is 0 Å². The van der Waals surface area contributed by atoms with E-state index in [1.807, 2.05) is 31.2 Å². The van der Waals surface area contributed by atoms with E-state index >= 15 is 0 Å². The second kappa shape index (κ2) is 10.9. The summed E-state index contributed by atoms with van der Waals surface area (Å²) in [5.41, 5.74) is 4.06. The number of likely N-dealkylation sites (tertiary alicyclic amines) is 1. The maximum atomic E-state index is 12.8. The molecule has 182 valence electrons. The van der Waals surface area contributed by atoms with Gasteiger partial charge in [-0.3, -0.25) is 9.71 Å². The van der Waals surface area contributed by atoms with Crippen molar-refractivity contribution >= 4 is 20.8 Å². The van der Waals surface area contributed by atoms with Gasteiger partial charge in [-0.05, 0) is 80.8 Å². The zero-order valence-corrected chi connectivity index (χ0v) is 21.4. The van der Waals surface area contributed by atoms with Crippen molar-refractivity contribution in [3.8, 4) is 0 Å². The van der Waals surface area contributed by atoms with E-state index in [0.717, 1.165) is 37.5 Å². The SMILES string of the molecule is CC1=C(c2ccc(C(C)C)cc2)S(=O)(=O)NC1=NCCCN1CCC(Cc2ccccc2)CC1. The van der Waals surface area contributed by atoms with E-state index in [4.69, 9.17) is 0 Å². The Balaban J connectivity index is 1.28. The van der Waals surface area contributed by atoms with Crippen LogP contribution < -0.4 is 4.72 Å². The Hall–Kier alpha value is -2.44. The third kappa shape index (κ3) is 5.97. The molecule has 34 heavy (non-hydrogen) atoms. The fraction of sp³-hybridized carbons (Fsp3) is 0.464. The summed E-state index contributed by atoms with van der Waals surface area (Å²) < 4.78 is 28.2. The molecule has 2 aromatic carbocycles. The van der Waals surface area contributed by atoms with Gasteiger partial charge in [0.2, 0.25) is 0 Å². The maximum absolute atomic E-state index is 12.8. The Morgan fingerprint density at radius 2 is 1.71 bits per heavy atom.